The van der Waals surface area contributed by atoms with Crippen molar-refractivity contribution >= 4 is 38.7 Å². The van der Waals surface area contributed by atoms with E-state index in [-0.39, 0.29) is 5.91 Å². The first-order chi connectivity index (χ1) is 12.7. The maximum absolute atomic E-state index is 12.4. The molecule has 0 atom stereocenters. The standard InChI is InChI=1S/C17H15N5O2S2/c1-2-9-24-12-7-5-11(6-8-12)15(23)18-16-21-22-14(13-4-3-10-25-13)19-20-17(22)26-16/h3-8,10H,2,9H2,1H3,(H,18,21,23). The number of carbonyl (C=O) groups is 1. The zero-order valence-corrected chi connectivity index (χ0v) is 15.5. The van der Waals surface area contributed by atoms with Crippen LogP contribution in [0.15, 0.2) is 41.8 Å². The highest BCUT2D eigenvalue weighted by atomic mass is 32.1. The third-order valence-corrected chi connectivity index (χ3v) is 5.22. The van der Waals surface area contributed by atoms with Crippen LogP contribution in [-0.4, -0.2) is 32.3 Å². The van der Waals surface area contributed by atoms with Gasteiger partial charge in [0, 0.05) is 5.56 Å². The zero-order valence-electron chi connectivity index (χ0n) is 13.9. The van der Waals surface area contributed by atoms with Crippen LogP contribution in [0.3, 0.4) is 0 Å². The van der Waals surface area contributed by atoms with Gasteiger partial charge in [-0.25, -0.2) is 0 Å². The van der Waals surface area contributed by atoms with Crippen molar-refractivity contribution in [1.29, 1.82) is 0 Å². The summed E-state index contributed by atoms with van der Waals surface area (Å²) in [6.07, 6.45) is 0.941. The summed E-state index contributed by atoms with van der Waals surface area (Å²) in [5, 5.41) is 17.9. The molecule has 0 bridgehead atoms. The number of amides is 1. The second kappa shape index (κ2) is 7.22. The van der Waals surface area contributed by atoms with Gasteiger partial charge in [0.15, 0.2) is 5.82 Å². The molecule has 132 valence electrons. The molecule has 0 aliphatic carbocycles. The number of nitrogens with one attached hydrogen (secondary N) is 1. The predicted molar refractivity (Wildman–Crippen MR) is 102 cm³/mol. The van der Waals surface area contributed by atoms with Crippen LogP contribution in [0.25, 0.3) is 15.7 Å². The summed E-state index contributed by atoms with van der Waals surface area (Å²) in [5.74, 6) is 1.20. The van der Waals surface area contributed by atoms with Crippen LogP contribution in [0.2, 0.25) is 0 Å². The molecule has 9 heteroatoms. The van der Waals surface area contributed by atoms with Gasteiger partial charge in [-0.2, -0.15) is 4.52 Å². The quantitative estimate of drug-likeness (QED) is 0.543. The maximum Gasteiger partial charge on any atom is 0.257 e. The Morgan fingerprint density at radius 3 is 2.81 bits per heavy atom. The maximum atomic E-state index is 12.4. The SMILES string of the molecule is CCCOc1ccc(C(=O)Nc2nn3c(-c4cccs4)nnc3s2)cc1. The molecule has 0 saturated carbocycles. The number of fused-ring (bicyclic) bond motifs is 1. The fourth-order valence-corrected chi connectivity index (χ4v) is 3.75. The Morgan fingerprint density at radius 2 is 2.08 bits per heavy atom. The van der Waals surface area contributed by atoms with Crippen LogP contribution < -0.4 is 10.1 Å². The molecule has 4 aromatic rings. The molecule has 0 aliphatic heterocycles. The second-order valence-corrected chi connectivity index (χ2v) is 7.33. The van der Waals surface area contributed by atoms with E-state index >= 15 is 0 Å². The number of rotatable bonds is 6. The fraction of sp³-hybridized carbons (Fsp3) is 0.176. The van der Waals surface area contributed by atoms with Crippen LogP contribution in [0.1, 0.15) is 23.7 Å². The number of aromatic nitrogens is 4. The first-order valence-electron chi connectivity index (χ1n) is 8.05. The smallest absolute Gasteiger partial charge is 0.257 e. The molecule has 1 N–H and O–H groups in total. The molecule has 3 aromatic heterocycles. The molecular formula is C17H15N5O2S2. The lowest BCUT2D eigenvalue weighted by atomic mass is 10.2. The van der Waals surface area contributed by atoms with Crippen LogP contribution >= 0.6 is 22.7 Å². The van der Waals surface area contributed by atoms with Gasteiger partial charge in [0.2, 0.25) is 10.1 Å². The van der Waals surface area contributed by atoms with Crippen molar-refractivity contribution in [3.8, 4) is 16.5 Å². The summed E-state index contributed by atoms with van der Waals surface area (Å²) in [6.45, 7) is 2.71. The lowest BCUT2D eigenvalue weighted by Crippen LogP contribution is -2.12. The van der Waals surface area contributed by atoms with E-state index in [0.717, 1.165) is 17.0 Å². The summed E-state index contributed by atoms with van der Waals surface area (Å²) in [6, 6.07) is 11.0. The summed E-state index contributed by atoms with van der Waals surface area (Å²) >= 11 is 2.84. The van der Waals surface area contributed by atoms with Crippen molar-refractivity contribution in [1.82, 2.24) is 19.8 Å². The van der Waals surface area contributed by atoms with Gasteiger partial charge in [0.25, 0.3) is 5.91 Å². The first kappa shape index (κ1) is 16.7. The molecule has 0 aliphatic rings. The lowest BCUT2D eigenvalue weighted by Gasteiger charge is -2.05. The Hall–Kier alpha value is -2.78. The van der Waals surface area contributed by atoms with Gasteiger partial charge in [-0.15, -0.1) is 26.6 Å². The van der Waals surface area contributed by atoms with E-state index in [2.05, 4.69) is 20.6 Å². The Labute approximate surface area is 157 Å². The molecule has 1 aromatic carbocycles. The first-order valence-corrected chi connectivity index (χ1v) is 9.74. The van der Waals surface area contributed by atoms with Crippen molar-refractivity contribution in [2.45, 2.75) is 13.3 Å². The molecular weight excluding hydrogens is 370 g/mol. The average molecular weight is 385 g/mol. The lowest BCUT2D eigenvalue weighted by molar-refractivity contribution is 0.102. The van der Waals surface area contributed by atoms with Gasteiger partial charge in [0.1, 0.15) is 5.75 Å². The van der Waals surface area contributed by atoms with Gasteiger partial charge in [0.05, 0.1) is 11.5 Å². The predicted octanol–water partition coefficient (Wildman–Crippen LogP) is 3.96. The van der Waals surface area contributed by atoms with E-state index in [0.29, 0.717) is 28.1 Å². The highest BCUT2D eigenvalue weighted by molar-refractivity contribution is 7.20. The van der Waals surface area contributed by atoms with Crippen LogP contribution in [0.5, 0.6) is 5.75 Å². The third-order valence-electron chi connectivity index (χ3n) is 3.54. The molecule has 26 heavy (non-hydrogen) atoms. The molecule has 7 nitrogen and oxygen atoms in total. The van der Waals surface area contributed by atoms with Crippen LogP contribution in [0.4, 0.5) is 5.13 Å². The minimum Gasteiger partial charge on any atom is -0.494 e. The molecule has 0 radical (unpaired) electrons. The number of hydrogen-bond donors (Lipinski definition) is 1. The number of carbonyl (C=O) groups excluding carboxylic acids is 1. The van der Waals surface area contributed by atoms with Crippen molar-refractivity contribution in [3.63, 3.8) is 0 Å². The topological polar surface area (TPSA) is 81.4 Å². The van der Waals surface area contributed by atoms with Crippen molar-refractivity contribution in [2.75, 3.05) is 11.9 Å². The summed E-state index contributed by atoms with van der Waals surface area (Å²) < 4.78 is 7.17. The Kier molecular flexibility index (Phi) is 4.63. The Balaban J connectivity index is 1.51. The monoisotopic (exact) mass is 385 g/mol. The third kappa shape index (κ3) is 3.31. The van der Waals surface area contributed by atoms with E-state index in [9.17, 15) is 4.79 Å². The summed E-state index contributed by atoms with van der Waals surface area (Å²) in [5.41, 5.74) is 0.540. The zero-order chi connectivity index (χ0) is 17.9. The van der Waals surface area contributed by atoms with E-state index in [4.69, 9.17) is 4.74 Å². The molecule has 0 fully saturated rings. The second-order valence-electron chi connectivity index (χ2n) is 5.43. The average Bonchev–Trinajstić information content (AvgIpc) is 3.37. The highest BCUT2D eigenvalue weighted by Crippen LogP contribution is 2.27. The summed E-state index contributed by atoms with van der Waals surface area (Å²) in [4.78, 5) is 14.0. The Bertz CT molecular complexity index is 1020. The summed E-state index contributed by atoms with van der Waals surface area (Å²) in [7, 11) is 0. The Morgan fingerprint density at radius 1 is 1.23 bits per heavy atom. The number of thiophene rings is 1. The van der Waals surface area contributed by atoms with E-state index in [1.54, 1.807) is 40.1 Å². The van der Waals surface area contributed by atoms with Gasteiger partial charge in [-0.05, 0) is 42.1 Å². The largest absolute Gasteiger partial charge is 0.494 e. The number of ether oxygens (including phenoxy) is 1. The van der Waals surface area contributed by atoms with Crippen molar-refractivity contribution in [3.05, 3.63) is 47.3 Å². The molecule has 0 saturated heterocycles. The minimum absolute atomic E-state index is 0.227. The van der Waals surface area contributed by atoms with Gasteiger partial charge < -0.3 is 4.74 Å². The molecule has 4 rings (SSSR count). The number of anilines is 1. The van der Waals surface area contributed by atoms with Crippen LogP contribution in [-0.2, 0) is 0 Å². The van der Waals surface area contributed by atoms with Gasteiger partial charge >= 0.3 is 0 Å². The van der Waals surface area contributed by atoms with Gasteiger partial charge in [-0.1, -0.05) is 24.3 Å². The van der Waals surface area contributed by atoms with Crippen molar-refractivity contribution < 1.29 is 9.53 Å². The van der Waals surface area contributed by atoms with E-state index in [1.807, 2.05) is 24.4 Å². The molecule has 1 amide bonds. The number of nitrogens with zero attached hydrogens (tertiary/aromatic N) is 4. The van der Waals surface area contributed by atoms with Crippen molar-refractivity contribution in [2.24, 2.45) is 0 Å². The van der Waals surface area contributed by atoms with E-state index in [1.165, 1.54) is 11.3 Å². The number of benzene rings is 1. The normalized spacial score (nSPS) is 11.0. The van der Waals surface area contributed by atoms with E-state index < -0.39 is 0 Å². The molecule has 3 heterocycles. The highest BCUT2D eigenvalue weighted by Gasteiger charge is 2.16. The van der Waals surface area contributed by atoms with Crippen LogP contribution in [0, 0.1) is 0 Å². The molecule has 0 spiro atoms. The fourth-order valence-electron chi connectivity index (χ4n) is 2.32. The molecule has 0 unspecified atom stereocenters. The van der Waals surface area contributed by atoms with Gasteiger partial charge in [-0.3, -0.25) is 10.1 Å². The number of hydrogen-bond acceptors (Lipinski definition) is 7. The minimum atomic E-state index is -0.227.